The van der Waals surface area contributed by atoms with E-state index in [1.165, 1.54) is 7.11 Å². The Morgan fingerprint density at radius 1 is 1.12 bits per heavy atom. The highest BCUT2D eigenvalue weighted by Crippen LogP contribution is 2.06. The monoisotopic (exact) mass is 363 g/mol. The number of unbranched alkanes of at least 4 members (excludes halogenated alkanes) is 1. The molecule has 1 aromatic carbocycles. The van der Waals surface area contributed by atoms with E-state index in [4.69, 9.17) is 10.5 Å². The third kappa shape index (κ3) is 7.23. The number of hydrogen-bond acceptors (Lipinski definition) is 5. The fourth-order valence-corrected chi connectivity index (χ4v) is 2.40. The van der Waals surface area contributed by atoms with Crippen LogP contribution in [0, 0.1) is 5.92 Å². The Bertz CT molecular complexity index is 590. The van der Waals surface area contributed by atoms with Gasteiger partial charge in [0.15, 0.2) is 0 Å². The average Bonchev–Trinajstić information content (AvgIpc) is 2.64. The molecule has 0 saturated carbocycles. The van der Waals surface area contributed by atoms with Gasteiger partial charge in [-0.05, 0) is 37.3 Å². The highest BCUT2D eigenvalue weighted by atomic mass is 16.5. The molecule has 0 saturated heterocycles. The van der Waals surface area contributed by atoms with Gasteiger partial charge in [0.1, 0.15) is 6.04 Å². The molecule has 2 atom stereocenters. The molecule has 7 nitrogen and oxygen atoms in total. The second-order valence-electron chi connectivity index (χ2n) is 6.48. The standard InChI is InChI=1S/C19H29N3O4/c1-13(2)16(19(25)26-3)22-18(24)15(20)11-7-8-12-21-17(23)14-9-5-4-6-10-14/h4-6,9-10,13,15-16H,7-8,11-12,20H2,1-3H3,(H,21,23)(H,22,24). The third-order valence-corrected chi connectivity index (χ3v) is 4.02. The molecule has 0 aliphatic carbocycles. The van der Waals surface area contributed by atoms with Crippen molar-refractivity contribution in [2.45, 2.75) is 45.2 Å². The smallest absolute Gasteiger partial charge is 0.328 e. The van der Waals surface area contributed by atoms with Gasteiger partial charge in [0, 0.05) is 12.1 Å². The van der Waals surface area contributed by atoms with E-state index < -0.39 is 18.1 Å². The van der Waals surface area contributed by atoms with Gasteiger partial charge >= 0.3 is 5.97 Å². The zero-order valence-corrected chi connectivity index (χ0v) is 15.7. The molecule has 0 fully saturated rings. The lowest BCUT2D eigenvalue weighted by atomic mass is 10.0. The van der Waals surface area contributed by atoms with Crippen molar-refractivity contribution < 1.29 is 19.1 Å². The molecule has 0 aromatic heterocycles. The fraction of sp³-hybridized carbons (Fsp3) is 0.526. The summed E-state index contributed by atoms with van der Waals surface area (Å²) in [6, 6.07) is 7.57. The number of amides is 2. The van der Waals surface area contributed by atoms with Crippen LogP contribution in [0.15, 0.2) is 30.3 Å². The van der Waals surface area contributed by atoms with Crippen molar-refractivity contribution in [2.24, 2.45) is 11.7 Å². The Morgan fingerprint density at radius 3 is 2.35 bits per heavy atom. The molecule has 0 radical (unpaired) electrons. The molecular weight excluding hydrogens is 334 g/mol. The lowest BCUT2D eigenvalue weighted by Gasteiger charge is -2.21. The Morgan fingerprint density at radius 2 is 1.77 bits per heavy atom. The van der Waals surface area contributed by atoms with Crippen LogP contribution >= 0.6 is 0 Å². The minimum Gasteiger partial charge on any atom is -0.467 e. The normalized spacial score (nSPS) is 13.0. The molecule has 1 rings (SSSR count). The summed E-state index contributed by atoms with van der Waals surface area (Å²) in [7, 11) is 1.29. The van der Waals surface area contributed by atoms with Crippen molar-refractivity contribution in [1.82, 2.24) is 10.6 Å². The maximum absolute atomic E-state index is 12.1. The van der Waals surface area contributed by atoms with Crippen LogP contribution in [-0.2, 0) is 14.3 Å². The van der Waals surface area contributed by atoms with E-state index in [0.717, 1.165) is 0 Å². The van der Waals surface area contributed by atoms with E-state index in [9.17, 15) is 14.4 Å². The number of carbonyl (C=O) groups is 3. The van der Waals surface area contributed by atoms with Crippen LogP contribution in [0.1, 0.15) is 43.5 Å². The molecule has 0 spiro atoms. The molecule has 1 aromatic rings. The van der Waals surface area contributed by atoms with Gasteiger partial charge in [0.2, 0.25) is 5.91 Å². The van der Waals surface area contributed by atoms with E-state index in [0.29, 0.717) is 31.4 Å². The van der Waals surface area contributed by atoms with Crippen LogP contribution in [0.5, 0.6) is 0 Å². The summed E-state index contributed by atoms with van der Waals surface area (Å²) in [6.45, 7) is 4.16. The van der Waals surface area contributed by atoms with Gasteiger partial charge in [-0.2, -0.15) is 0 Å². The van der Waals surface area contributed by atoms with Gasteiger partial charge in [-0.15, -0.1) is 0 Å². The molecule has 144 valence electrons. The van der Waals surface area contributed by atoms with Gasteiger partial charge in [-0.3, -0.25) is 9.59 Å². The number of esters is 1. The van der Waals surface area contributed by atoms with Gasteiger partial charge < -0.3 is 21.1 Å². The van der Waals surface area contributed by atoms with Crippen LogP contribution in [0.25, 0.3) is 0 Å². The number of methoxy groups -OCH3 is 1. The number of nitrogens with two attached hydrogens (primary N) is 1. The lowest BCUT2D eigenvalue weighted by Crippen LogP contribution is -2.50. The highest BCUT2D eigenvalue weighted by Gasteiger charge is 2.26. The van der Waals surface area contributed by atoms with Crippen molar-refractivity contribution in [3.63, 3.8) is 0 Å². The Hall–Kier alpha value is -2.41. The number of hydrogen-bond donors (Lipinski definition) is 3. The molecule has 4 N–H and O–H groups in total. The minimum absolute atomic E-state index is 0.0909. The molecule has 2 unspecified atom stereocenters. The fourth-order valence-electron chi connectivity index (χ4n) is 2.40. The molecule has 0 aliphatic heterocycles. The molecule has 0 bridgehead atoms. The van der Waals surface area contributed by atoms with Crippen LogP contribution < -0.4 is 16.4 Å². The Labute approximate surface area is 154 Å². The van der Waals surface area contributed by atoms with Crippen LogP contribution in [0.4, 0.5) is 0 Å². The maximum Gasteiger partial charge on any atom is 0.328 e. The van der Waals surface area contributed by atoms with Gasteiger partial charge in [0.05, 0.1) is 13.2 Å². The second kappa shape index (κ2) is 11.3. The summed E-state index contributed by atoms with van der Waals surface area (Å²) in [6.07, 6.45) is 1.87. The highest BCUT2D eigenvalue weighted by molar-refractivity contribution is 5.94. The van der Waals surface area contributed by atoms with E-state index in [1.807, 2.05) is 32.0 Å². The third-order valence-electron chi connectivity index (χ3n) is 4.02. The molecule has 2 amide bonds. The first-order chi connectivity index (χ1) is 12.4. The SMILES string of the molecule is COC(=O)C(NC(=O)C(N)CCCCNC(=O)c1ccccc1)C(C)C. The van der Waals surface area contributed by atoms with Crippen LogP contribution in [-0.4, -0.2) is 43.5 Å². The number of ether oxygens (including phenoxy) is 1. The molecule has 0 heterocycles. The van der Waals surface area contributed by atoms with E-state index in [2.05, 4.69) is 10.6 Å². The number of carbonyl (C=O) groups excluding carboxylic acids is 3. The van der Waals surface area contributed by atoms with Crippen molar-refractivity contribution in [1.29, 1.82) is 0 Å². The zero-order valence-electron chi connectivity index (χ0n) is 15.7. The second-order valence-corrected chi connectivity index (χ2v) is 6.48. The summed E-state index contributed by atoms with van der Waals surface area (Å²) >= 11 is 0. The van der Waals surface area contributed by atoms with E-state index >= 15 is 0 Å². The number of benzene rings is 1. The van der Waals surface area contributed by atoms with Crippen molar-refractivity contribution >= 4 is 17.8 Å². The van der Waals surface area contributed by atoms with Crippen molar-refractivity contribution in [2.75, 3.05) is 13.7 Å². The maximum atomic E-state index is 12.1. The van der Waals surface area contributed by atoms with Crippen molar-refractivity contribution in [3.8, 4) is 0 Å². The van der Waals surface area contributed by atoms with Gasteiger partial charge in [-0.25, -0.2) is 4.79 Å². The van der Waals surface area contributed by atoms with E-state index in [1.54, 1.807) is 12.1 Å². The zero-order chi connectivity index (χ0) is 19.5. The summed E-state index contributed by atoms with van der Waals surface area (Å²) in [5, 5.41) is 5.47. The minimum atomic E-state index is -0.705. The summed E-state index contributed by atoms with van der Waals surface area (Å²) < 4.78 is 4.69. The quantitative estimate of drug-likeness (QED) is 0.428. The van der Waals surface area contributed by atoms with E-state index in [-0.39, 0.29) is 17.7 Å². The largest absolute Gasteiger partial charge is 0.467 e. The molecular formula is C19H29N3O4. The Kier molecular flexibility index (Phi) is 9.36. The molecule has 7 heteroatoms. The first kappa shape index (κ1) is 21.6. The summed E-state index contributed by atoms with van der Waals surface area (Å²) in [5.74, 6) is -1.07. The van der Waals surface area contributed by atoms with Gasteiger partial charge in [-0.1, -0.05) is 32.0 Å². The lowest BCUT2D eigenvalue weighted by molar-refractivity contribution is -0.146. The topological polar surface area (TPSA) is 111 Å². The number of nitrogens with one attached hydrogen (secondary N) is 2. The Balaban J connectivity index is 2.28. The van der Waals surface area contributed by atoms with Crippen LogP contribution in [0.3, 0.4) is 0 Å². The summed E-state index contributed by atoms with van der Waals surface area (Å²) in [4.78, 5) is 35.7. The average molecular weight is 363 g/mol. The van der Waals surface area contributed by atoms with Crippen molar-refractivity contribution in [3.05, 3.63) is 35.9 Å². The number of rotatable bonds is 10. The predicted octanol–water partition coefficient (Wildman–Crippen LogP) is 1.23. The molecule has 0 aliphatic rings. The van der Waals surface area contributed by atoms with Crippen LogP contribution in [0.2, 0.25) is 0 Å². The summed E-state index contributed by atoms with van der Waals surface area (Å²) in [5.41, 5.74) is 6.51. The first-order valence-electron chi connectivity index (χ1n) is 8.83. The first-order valence-corrected chi connectivity index (χ1v) is 8.83. The van der Waals surface area contributed by atoms with Gasteiger partial charge in [0.25, 0.3) is 5.91 Å². The molecule has 26 heavy (non-hydrogen) atoms. The predicted molar refractivity (Wildman–Crippen MR) is 99.4 cm³/mol.